The molecule has 0 radical (unpaired) electrons. The van der Waals surface area contributed by atoms with E-state index in [2.05, 4.69) is 4.72 Å². The summed E-state index contributed by atoms with van der Waals surface area (Å²) in [5.41, 5.74) is 6.71. The molecule has 0 aliphatic heterocycles. The monoisotopic (exact) mass is 334 g/mol. The normalized spacial score (nSPS) is 14.2. The second-order valence-electron chi connectivity index (χ2n) is 6.41. The molecule has 0 aliphatic carbocycles. The zero-order chi connectivity index (χ0) is 16.4. The highest BCUT2D eigenvalue weighted by Gasteiger charge is 2.22. The van der Waals surface area contributed by atoms with E-state index in [1.54, 1.807) is 6.92 Å². The van der Waals surface area contributed by atoms with Gasteiger partial charge in [0.2, 0.25) is 10.0 Å². The van der Waals surface area contributed by atoms with Crippen molar-refractivity contribution in [3.05, 3.63) is 22.7 Å². The van der Waals surface area contributed by atoms with E-state index in [0.717, 1.165) is 0 Å². The first kappa shape index (κ1) is 18.2. The zero-order valence-corrected chi connectivity index (χ0v) is 14.3. The van der Waals surface area contributed by atoms with Gasteiger partial charge in [-0.05, 0) is 36.5 Å². The van der Waals surface area contributed by atoms with Crippen LogP contribution in [0.5, 0.6) is 0 Å². The smallest absolute Gasteiger partial charge is 0.242 e. The highest BCUT2D eigenvalue weighted by molar-refractivity contribution is 7.89. The van der Waals surface area contributed by atoms with Crippen LogP contribution < -0.4 is 10.5 Å². The lowest BCUT2D eigenvalue weighted by molar-refractivity contribution is 0.125. The van der Waals surface area contributed by atoms with Crippen LogP contribution in [0.2, 0.25) is 5.02 Å². The van der Waals surface area contributed by atoms with Gasteiger partial charge in [0, 0.05) is 12.2 Å². The Bertz CT molecular complexity index is 609. The molecule has 0 bridgehead atoms. The topological polar surface area (TPSA) is 92.4 Å². The van der Waals surface area contributed by atoms with Crippen molar-refractivity contribution in [2.24, 2.45) is 5.41 Å². The van der Waals surface area contributed by atoms with Crippen molar-refractivity contribution in [3.63, 3.8) is 0 Å². The molecule has 0 amide bonds. The number of aliphatic hydroxyl groups excluding tert-OH is 1. The van der Waals surface area contributed by atoms with E-state index in [1.807, 2.05) is 20.8 Å². The third-order valence-corrected chi connectivity index (χ3v) is 4.86. The number of halogens is 1. The Labute approximate surface area is 131 Å². The molecule has 1 unspecified atom stereocenters. The minimum atomic E-state index is -3.80. The van der Waals surface area contributed by atoms with Crippen LogP contribution in [0.1, 0.15) is 32.8 Å². The number of aliphatic hydroxyl groups is 1. The Hall–Kier alpha value is -0.820. The highest BCUT2D eigenvalue weighted by Crippen LogP contribution is 2.27. The van der Waals surface area contributed by atoms with E-state index in [4.69, 9.17) is 17.3 Å². The lowest BCUT2D eigenvalue weighted by atomic mass is 9.89. The molecule has 0 aliphatic rings. The van der Waals surface area contributed by atoms with Crippen molar-refractivity contribution in [1.82, 2.24) is 4.72 Å². The van der Waals surface area contributed by atoms with Gasteiger partial charge in [0.1, 0.15) is 4.90 Å². The van der Waals surface area contributed by atoms with Gasteiger partial charge in [-0.3, -0.25) is 0 Å². The second kappa shape index (κ2) is 6.52. The number of hydrogen-bond donors (Lipinski definition) is 3. The number of aryl methyl sites for hydroxylation is 1. The first-order valence-corrected chi connectivity index (χ1v) is 8.52. The summed E-state index contributed by atoms with van der Waals surface area (Å²) in [4.78, 5) is -0.0739. The van der Waals surface area contributed by atoms with E-state index in [-0.39, 0.29) is 21.9 Å². The van der Waals surface area contributed by atoms with Gasteiger partial charge in [-0.1, -0.05) is 32.4 Å². The summed E-state index contributed by atoms with van der Waals surface area (Å²) in [5.74, 6) is 0. The van der Waals surface area contributed by atoms with Gasteiger partial charge in [-0.2, -0.15) is 0 Å². The Morgan fingerprint density at radius 1 is 1.38 bits per heavy atom. The summed E-state index contributed by atoms with van der Waals surface area (Å²) < 4.78 is 26.8. The number of anilines is 1. The maximum atomic E-state index is 12.2. The zero-order valence-electron chi connectivity index (χ0n) is 12.8. The van der Waals surface area contributed by atoms with Crippen LogP contribution in [0.3, 0.4) is 0 Å². The predicted molar refractivity (Wildman–Crippen MR) is 85.9 cm³/mol. The number of sulfonamides is 1. The van der Waals surface area contributed by atoms with Crippen LogP contribution in [0.15, 0.2) is 17.0 Å². The van der Waals surface area contributed by atoms with Crippen molar-refractivity contribution >= 4 is 27.3 Å². The predicted octanol–water partition coefficient (Wildman–Crippen LogP) is 2.31. The molecule has 21 heavy (non-hydrogen) atoms. The van der Waals surface area contributed by atoms with Gasteiger partial charge in [-0.15, -0.1) is 0 Å². The number of rotatable bonds is 5. The number of hydrogen-bond acceptors (Lipinski definition) is 4. The third-order valence-electron chi connectivity index (χ3n) is 2.97. The Morgan fingerprint density at radius 3 is 2.48 bits per heavy atom. The summed E-state index contributed by atoms with van der Waals surface area (Å²) in [6.45, 7) is 7.61. The first-order valence-electron chi connectivity index (χ1n) is 6.66. The van der Waals surface area contributed by atoms with E-state index in [9.17, 15) is 13.5 Å². The molecule has 0 saturated carbocycles. The van der Waals surface area contributed by atoms with Gasteiger partial charge in [0.15, 0.2) is 0 Å². The van der Waals surface area contributed by atoms with Crippen molar-refractivity contribution < 1.29 is 13.5 Å². The molecule has 5 nitrogen and oxygen atoms in total. The van der Waals surface area contributed by atoms with Crippen molar-refractivity contribution in [2.75, 3.05) is 12.3 Å². The molecule has 1 rings (SSSR count). The lowest BCUT2D eigenvalue weighted by Crippen LogP contribution is -2.34. The Morgan fingerprint density at radius 2 is 1.95 bits per heavy atom. The SMILES string of the molecule is Cc1cc(Cl)c(S(=O)(=O)NCC(O)CC(C)(C)C)cc1N. The average Bonchev–Trinajstić information content (AvgIpc) is 2.29. The largest absolute Gasteiger partial charge is 0.398 e. The van der Waals surface area contributed by atoms with Crippen LogP contribution in [-0.4, -0.2) is 26.2 Å². The summed E-state index contributed by atoms with van der Waals surface area (Å²) in [6, 6.07) is 2.84. The summed E-state index contributed by atoms with van der Waals surface area (Å²) in [7, 11) is -3.80. The molecule has 0 fully saturated rings. The molecule has 0 spiro atoms. The molecule has 0 aromatic heterocycles. The average molecular weight is 335 g/mol. The minimum absolute atomic E-state index is 0.0658. The standard InChI is InChI=1S/C14H23ClN2O3S/c1-9-5-11(15)13(6-12(9)16)21(19,20)17-8-10(18)7-14(2,3)4/h5-6,10,17-18H,7-8,16H2,1-4H3. The lowest BCUT2D eigenvalue weighted by Gasteiger charge is -2.22. The van der Waals surface area contributed by atoms with Crippen LogP contribution in [0.4, 0.5) is 5.69 Å². The molecule has 7 heteroatoms. The molecule has 1 aromatic rings. The Kier molecular flexibility index (Phi) is 5.66. The first-order chi connectivity index (χ1) is 9.42. The molecule has 1 aromatic carbocycles. The molecule has 4 N–H and O–H groups in total. The fourth-order valence-electron chi connectivity index (χ4n) is 1.94. The molecule has 1 atom stereocenters. The van der Waals surface area contributed by atoms with Gasteiger partial charge in [0.25, 0.3) is 0 Å². The molecular weight excluding hydrogens is 312 g/mol. The van der Waals surface area contributed by atoms with Gasteiger partial charge in [-0.25, -0.2) is 13.1 Å². The molecule has 0 saturated heterocycles. The maximum Gasteiger partial charge on any atom is 0.242 e. The summed E-state index contributed by atoms with van der Waals surface area (Å²) in [5, 5.41) is 9.99. The number of nitrogens with one attached hydrogen (secondary N) is 1. The highest BCUT2D eigenvalue weighted by atomic mass is 35.5. The van der Waals surface area contributed by atoms with Crippen LogP contribution in [0.25, 0.3) is 0 Å². The van der Waals surface area contributed by atoms with Gasteiger partial charge in [0.05, 0.1) is 11.1 Å². The second-order valence-corrected chi connectivity index (χ2v) is 8.55. The van der Waals surface area contributed by atoms with Crippen LogP contribution >= 0.6 is 11.6 Å². The van der Waals surface area contributed by atoms with Gasteiger partial charge < -0.3 is 10.8 Å². The minimum Gasteiger partial charge on any atom is -0.398 e. The fourth-order valence-corrected chi connectivity index (χ4v) is 3.63. The maximum absolute atomic E-state index is 12.2. The summed E-state index contributed by atoms with van der Waals surface area (Å²) in [6.07, 6.45) is -0.277. The van der Waals surface area contributed by atoms with Gasteiger partial charge >= 0.3 is 0 Å². The van der Waals surface area contributed by atoms with Crippen LogP contribution in [-0.2, 0) is 10.0 Å². The van der Waals surface area contributed by atoms with E-state index >= 15 is 0 Å². The van der Waals surface area contributed by atoms with E-state index in [0.29, 0.717) is 17.7 Å². The molecule has 0 heterocycles. The molecular formula is C14H23ClN2O3S. The van der Waals surface area contributed by atoms with E-state index in [1.165, 1.54) is 12.1 Å². The molecule has 120 valence electrons. The fraction of sp³-hybridized carbons (Fsp3) is 0.571. The number of nitrogen functional groups attached to an aromatic ring is 1. The van der Waals surface area contributed by atoms with Crippen molar-refractivity contribution in [1.29, 1.82) is 0 Å². The van der Waals surface area contributed by atoms with Crippen molar-refractivity contribution in [2.45, 2.75) is 45.1 Å². The Balaban J connectivity index is 2.86. The van der Waals surface area contributed by atoms with Crippen LogP contribution in [0, 0.1) is 12.3 Å². The van der Waals surface area contributed by atoms with E-state index < -0.39 is 16.1 Å². The quantitative estimate of drug-likeness (QED) is 0.720. The number of benzene rings is 1. The number of nitrogens with two attached hydrogens (primary N) is 1. The third kappa shape index (κ3) is 5.47. The van der Waals surface area contributed by atoms with Crippen molar-refractivity contribution in [3.8, 4) is 0 Å². The summed E-state index contributed by atoms with van der Waals surface area (Å²) >= 11 is 5.97.